The molecule has 1 aromatic carbocycles. The minimum Gasteiger partial charge on any atom is -0.575 e. The van der Waals surface area contributed by atoms with Gasteiger partial charge in [0, 0.05) is 11.5 Å². The number of ether oxygens (including phenoxy) is 3. The number of methoxy groups -OCH3 is 1. The molecule has 4 aromatic rings. The van der Waals surface area contributed by atoms with Crippen LogP contribution in [0.2, 0.25) is 0 Å². The van der Waals surface area contributed by atoms with Gasteiger partial charge in [0.25, 0.3) is 0 Å². The van der Waals surface area contributed by atoms with Gasteiger partial charge >= 0.3 is 14.1 Å². The summed E-state index contributed by atoms with van der Waals surface area (Å²) in [5, 5.41) is 31.6. The van der Waals surface area contributed by atoms with Crippen molar-refractivity contribution in [1.29, 1.82) is 0 Å². The summed E-state index contributed by atoms with van der Waals surface area (Å²) in [6, 6.07) is 6.79. The maximum absolute atomic E-state index is 12.0. The summed E-state index contributed by atoms with van der Waals surface area (Å²) in [5.41, 5.74) is 5.12. The molecular weight excluding hydrogens is 561 g/mol. The number of imidazole rings is 1. The van der Waals surface area contributed by atoms with E-state index in [4.69, 9.17) is 29.6 Å². The van der Waals surface area contributed by atoms with Gasteiger partial charge in [-0.15, -0.1) is 0 Å². The summed E-state index contributed by atoms with van der Waals surface area (Å²) < 4.78 is 27.2. The molecular formula is C24H26N7O9P. The van der Waals surface area contributed by atoms with E-state index in [0.29, 0.717) is 16.4 Å². The number of aliphatic hydroxyl groups is 2. The standard InChI is InChI=1S/C24H26N7O9P/c1-11(21(33)34)30-41(36)40-13-5-6-14-12(8-13)4-7-16(27-14)38-9-15-18(32)24(2,35)22(39-15)31-10-26-17-19(31)28-23(25)29-20(17)37-3/h4-8,10-11,15,18,22,32,35H,9H2,1-3H3,(H,33,34)(H2,25,28,29)/t11?,15-,18-,22?,24-/m1/s1. The zero-order chi connectivity index (χ0) is 29.5. The summed E-state index contributed by atoms with van der Waals surface area (Å²) in [4.78, 5) is 39.7. The van der Waals surface area contributed by atoms with E-state index < -0.39 is 44.2 Å². The van der Waals surface area contributed by atoms with Crippen molar-refractivity contribution in [2.45, 2.75) is 43.9 Å². The van der Waals surface area contributed by atoms with Gasteiger partial charge in [0.2, 0.25) is 17.7 Å². The average Bonchev–Trinajstić information content (AvgIpc) is 3.44. The van der Waals surface area contributed by atoms with Crippen molar-refractivity contribution >= 4 is 42.2 Å². The summed E-state index contributed by atoms with van der Waals surface area (Å²) in [5.74, 6) is -0.672. The third kappa shape index (κ3) is 5.55. The van der Waals surface area contributed by atoms with Gasteiger partial charge in [-0.2, -0.15) is 9.97 Å². The number of carboxylic acids is 1. The Balaban J connectivity index is 1.29. The molecule has 0 saturated carbocycles. The van der Waals surface area contributed by atoms with Crippen LogP contribution >= 0.6 is 8.17 Å². The van der Waals surface area contributed by atoms with Crippen molar-refractivity contribution < 1.29 is 43.7 Å². The van der Waals surface area contributed by atoms with Crippen molar-refractivity contribution in [1.82, 2.24) is 24.5 Å². The first kappa shape index (κ1) is 28.3. The number of anilines is 1. The molecule has 3 unspecified atom stereocenters. The minimum absolute atomic E-state index is 0.0631. The molecule has 16 nitrogen and oxygen atoms in total. The number of hydrogen-bond acceptors (Lipinski definition) is 14. The minimum atomic E-state index is -2.58. The van der Waals surface area contributed by atoms with E-state index in [1.165, 1.54) is 37.9 Å². The van der Waals surface area contributed by atoms with Crippen molar-refractivity contribution in [3.05, 3.63) is 36.7 Å². The molecule has 0 aliphatic carbocycles. The average molecular weight is 587 g/mol. The molecule has 6 atom stereocenters. The zero-order valence-electron chi connectivity index (χ0n) is 22.0. The van der Waals surface area contributed by atoms with Crippen molar-refractivity contribution in [3.63, 3.8) is 0 Å². The number of nitrogens with zero attached hydrogens (tertiary/aromatic N) is 6. The Morgan fingerprint density at radius 2 is 2.10 bits per heavy atom. The molecule has 0 amide bonds. The normalized spacial score (nSPS) is 23.6. The number of benzene rings is 1. The lowest BCUT2D eigenvalue weighted by Gasteiger charge is -2.27. The third-order valence-electron chi connectivity index (χ3n) is 6.45. The van der Waals surface area contributed by atoms with E-state index in [0.717, 1.165) is 0 Å². The van der Waals surface area contributed by atoms with Crippen molar-refractivity contribution in [3.8, 4) is 17.5 Å². The number of carboxylic acid groups (broad SMARTS) is 1. The van der Waals surface area contributed by atoms with Crippen LogP contribution in [0.25, 0.3) is 22.1 Å². The second-order valence-corrected chi connectivity index (χ2v) is 10.3. The molecule has 1 fully saturated rings. The Kier molecular flexibility index (Phi) is 7.59. The van der Waals surface area contributed by atoms with Gasteiger partial charge in [0.05, 0.1) is 19.0 Å². The van der Waals surface area contributed by atoms with Crippen LogP contribution in [0.4, 0.5) is 5.95 Å². The van der Waals surface area contributed by atoms with Crippen molar-refractivity contribution in [2.75, 3.05) is 19.5 Å². The molecule has 17 heteroatoms. The first-order chi connectivity index (χ1) is 19.5. The highest BCUT2D eigenvalue weighted by Gasteiger charge is 2.54. The van der Waals surface area contributed by atoms with Gasteiger partial charge in [-0.25, -0.2) is 14.8 Å². The van der Waals surface area contributed by atoms with Gasteiger partial charge in [0.1, 0.15) is 24.4 Å². The first-order valence-electron chi connectivity index (χ1n) is 12.2. The monoisotopic (exact) mass is 587 g/mol. The SMILES string of the molecule is COc1nc(N)nc2c1ncn2C1O[C@H](COc2ccc3cc(O[P+]([O-])=NC(C)C(=O)O)ccc3n2)[C@@H](O)[C@@]1(C)O. The lowest BCUT2D eigenvalue weighted by Crippen LogP contribution is -2.44. The van der Waals surface area contributed by atoms with Crippen LogP contribution in [0.3, 0.4) is 0 Å². The molecule has 0 bridgehead atoms. The van der Waals surface area contributed by atoms with Crippen LogP contribution in [0.5, 0.6) is 17.5 Å². The van der Waals surface area contributed by atoms with E-state index in [1.54, 1.807) is 24.3 Å². The molecule has 1 saturated heterocycles. The first-order valence-corrected chi connectivity index (χ1v) is 13.3. The summed E-state index contributed by atoms with van der Waals surface area (Å²) in [6.45, 7) is 2.57. The van der Waals surface area contributed by atoms with Gasteiger partial charge < -0.3 is 40.2 Å². The third-order valence-corrected chi connectivity index (χ3v) is 7.35. The number of hydrogen-bond donors (Lipinski definition) is 4. The summed E-state index contributed by atoms with van der Waals surface area (Å²) in [7, 11) is -1.17. The van der Waals surface area contributed by atoms with E-state index in [1.807, 2.05) is 0 Å². The summed E-state index contributed by atoms with van der Waals surface area (Å²) >= 11 is 0. The number of pyridine rings is 1. The number of rotatable bonds is 9. The maximum Gasteiger partial charge on any atom is 0.395 e. The Morgan fingerprint density at radius 1 is 1.32 bits per heavy atom. The molecule has 5 rings (SSSR count). The van der Waals surface area contributed by atoms with Crippen molar-refractivity contribution in [2.24, 2.45) is 4.74 Å². The smallest absolute Gasteiger partial charge is 0.395 e. The van der Waals surface area contributed by atoms with Crippen LogP contribution in [0.1, 0.15) is 20.1 Å². The fraction of sp³-hybridized carbons (Fsp3) is 0.375. The fourth-order valence-corrected chi connectivity index (χ4v) is 5.02. The number of fused-ring (bicyclic) bond motifs is 2. The number of aliphatic hydroxyl groups excluding tert-OH is 1. The topological polar surface area (TPSA) is 233 Å². The zero-order valence-corrected chi connectivity index (χ0v) is 22.9. The van der Waals surface area contributed by atoms with E-state index in [-0.39, 0.29) is 35.7 Å². The Bertz CT molecular complexity index is 1650. The van der Waals surface area contributed by atoms with Gasteiger partial charge in [-0.1, -0.05) is 4.74 Å². The van der Waals surface area contributed by atoms with Crippen LogP contribution < -0.4 is 24.6 Å². The highest BCUT2D eigenvalue weighted by atomic mass is 31.1. The molecule has 4 heterocycles. The van der Waals surface area contributed by atoms with Crippen LogP contribution in [0.15, 0.2) is 41.4 Å². The lowest BCUT2D eigenvalue weighted by molar-refractivity contribution is -0.169. The quantitative estimate of drug-likeness (QED) is 0.198. The van der Waals surface area contributed by atoms with Crippen LogP contribution in [0, 0.1) is 0 Å². The predicted octanol–water partition coefficient (Wildman–Crippen LogP) is 0.761. The molecule has 0 spiro atoms. The van der Waals surface area contributed by atoms with Gasteiger partial charge in [-0.05, 0) is 38.1 Å². The van der Waals surface area contributed by atoms with Crippen LogP contribution in [-0.2, 0) is 9.53 Å². The molecule has 1 aliphatic heterocycles. The van der Waals surface area contributed by atoms with E-state index in [9.17, 15) is 19.9 Å². The Morgan fingerprint density at radius 3 is 2.83 bits per heavy atom. The van der Waals surface area contributed by atoms with Gasteiger partial charge in [-0.3, -0.25) is 9.09 Å². The number of carbonyl (C=O) groups is 1. The second kappa shape index (κ2) is 11.0. The fourth-order valence-electron chi connectivity index (χ4n) is 4.29. The van der Waals surface area contributed by atoms with Crippen LogP contribution in [-0.4, -0.2) is 83.4 Å². The summed E-state index contributed by atoms with van der Waals surface area (Å²) in [6.07, 6.45) is -2.00. The van der Waals surface area contributed by atoms with E-state index >= 15 is 0 Å². The van der Waals surface area contributed by atoms with Gasteiger partial charge in [0.15, 0.2) is 29.2 Å². The molecule has 5 N–H and O–H groups in total. The largest absolute Gasteiger partial charge is 0.575 e. The van der Waals surface area contributed by atoms with E-state index in [2.05, 4.69) is 24.7 Å². The number of nitrogens with two attached hydrogens (primary N) is 1. The highest BCUT2D eigenvalue weighted by Crippen LogP contribution is 2.40. The molecule has 1 aliphatic rings. The maximum atomic E-state index is 12.0. The Labute approximate surface area is 233 Å². The number of aromatic nitrogens is 5. The molecule has 216 valence electrons. The Hall–Kier alpha value is -4.21. The lowest BCUT2D eigenvalue weighted by atomic mass is 9.96. The molecule has 3 aromatic heterocycles. The predicted molar refractivity (Wildman–Crippen MR) is 141 cm³/mol. The highest BCUT2D eigenvalue weighted by molar-refractivity contribution is 7.34. The number of nitrogen functional groups attached to an aromatic ring is 1. The number of aliphatic carboxylic acids is 1. The molecule has 0 radical (unpaired) electrons. The molecule has 41 heavy (non-hydrogen) atoms. The second-order valence-electron chi connectivity index (χ2n) is 9.39.